The number of fused-ring (bicyclic) bond motifs is 1. The monoisotopic (exact) mass is 289 g/mol. The number of benzene rings is 1. The lowest BCUT2D eigenvalue weighted by atomic mass is 10.2. The average molecular weight is 289 g/mol. The molecule has 5 nitrogen and oxygen atoms in total. The SMILES string of the molecule is O=C(CCN1CCCOc2ccccc21)N1CCNCC1. The van der Waals surface area contributed by atoms with Crippen LogP contribution in [0.25, 0.3) is 0 Å². The van der Waals surface area contributed by atoms with Crippen LogP contribution in [-0.2, 0) is 4.79 Å². The van der Waals surface area contributed by atoms with Gasteiger partial charge < -0.3 is 19.9 Å². The van der Waals surface area contributed by atoms with E-state index in [1.807, 2.05) is 23.1 Å². The zero-order chi connectivity index (χ0) is 14.5. The van der Waals surface area contributed by atoms with E-state index in [9.17, 15) is 4.79 Å². The molecule has 0 atom stereocenters. The smallest absolute Gasteiger partial charge is 0.224 e. The van der Waals surface area contributed by atoms with E-state index in [0.29, 0.717) is 6.42 Å². The van der Waals surface area contributed by atoms with E-state index in [1.165, 1.54) is 0 Å². The molecule has 2 aliphatic heterocycles. The molecule has 1 aromatic carbocycles. The van der Waals surface area contributed by atoms with Crippen LogP contribution in [-0.4, -0.2) is 56.7 Å². The zero-order valence-corrected chi connectivity index (χ0v) is 12.4. The van der Waals surface area contributed by atoms with Crippen LogP contribution in [0.4, 0.5) is 5.69 Å². The van der Waals surface area contributed by atoms with Crippen LogP contribution in [0.15, 0.2) is 24.3 Å². The van der Waals surface area contributed by atoms with Crippen molar-refractivity contribution in [3.63, 3.8) is 0 Å². The van der Waals surface area contributed by atoms with Crippen molar-refractivity contribution in [3.8, 4) is 5.75 Å². The molecule has 2 heterocycles. The molecule has 3 rings (SSSR count). The number of nitrogens with one attached hydrogen (secondary N) is 1. The van der Waals surface area contributed by atoms with Crippen molar-refractivity contribution in [1.29, 1.82) is 0 Å². The summed E-state index contributed by atoms with van der Waals surface area (Å²) in [6, 6.07) is 8.11. The number of hydrogen-bond acceptors (Lipinski definition) is 4. The molecule has 0 radical (unpaired) electrons. The average Bonchev–Trinajstić information content (AvgIpc) is 2.76. The molecular formula is C16H23N3O2. The van der Waals surface area contributed by atoms with Crippen molar-refractivity contribution >= 4 is 11.6 Å². The van der Waals surface area contributed by atoms with Crippen LogP contribution in [0.3, 0.4) is 0 Å². The molecule has 0 bridgehead atoms. The summed E-state index contributed by atoms with van der Waals surface area (Å²) in [4.78, 5) is 16.5. The van der Waals surface area contributed by atoms with Gasteiger partial charge in [-0.3, -0.25) is 4.79 Å². The summed E-state index contributed by atoms with van der Waals surface area (Å²) < 4.78 is 5.76. The van der Waals surface area contributed by atoms with Gasteiger partial charge >= 0.3 is 0 Å². The fraction of sp³-hybridized carbons (Fsp3) is 0.562. The molecule has 0 aliphatic carbocycles. The number of piperazine rings is 1. The second-order valence-corrected chi connectivity index (χ2v) is 5.54. The highest BCUT2D eigenvalue weighted by Crippen LogP contribution is 2.30. The minimum absolute atomic E-state index is 0.263. The molecular weight excluding hydrogens is 266 g/mol. The third-order valence-corrected chi connectivity index (χ3v) is 4.10. The molecule has 21 heavy (non-hydrogen) atoms. The molecule has 0 spiro atoms. The lowest BCUT2D eigenvalue weighted by Gasteiger charge is -2.29. The van der Waals surface area contributed by atoms with Crippen molar-refractivity contribution in [1.82, 2.24) is 10.2 Å². The van der Waals surface area contributed by atoms with E-state index in [1.54, 1.807) is 0 Å². The van der Waals surface area contributed by atoms with E-state index < -0.39 is 0 Å². The zero-order valence-electron chi connectivity index (χ0n) is 12.4. The van der Waals surface area contributed by atoms with Crippen LogP contribution in [0.2, 0.25) is 0 Å². The maximum absolute atomic E-state index is 12.3. The summed E-state index contributed by atoms with van der Waals surface area (Å²) in [5.41, 5.74) is 1.11. The minimum Gasteiger partial charge on any atom is -0.491 e. The Morgan fingerprint density at radius 2 is 2.00 bits per heavy atom. The summed E-state index contributed by atoms with van der Waals surface area (Å²) in [5, 5.41) is 3.28. The van der Waals surface area contributed by atoms with Crippen molar-refractivity contribution in [2.45, 2.75) is 12.8 Å². The molecule has 1 fully saturated rings. The van der Waals surface area contributed by atoms with Crippen LogP contribution >= 0.6 is 0 Å². The number of rotatable bonds is 3. The van der Waals surface area contributed by atoms with Crippen LogP contribution in [0, 0.1) is 0 Å². The molecule has 1 saturated heterocycles. The maximum atomic E-state index is 12.3. The quantitative estimate of drug-likeness (QED) is 0.905. The lowest BCUT2D eigenvalue weighted by molar-refractivity contribution is -0.131. The van der Waals surface area contributed by atoms with Gasteiger partial charge in [0.05, 0.1) is 12.3 Å². The van der Waals surface area contributed by atoms with Gasteiger partial charge in [-0.15, -0.1) is 0 Å². The number of amides is 1. The molecule has 1 amide bonds. The number of para-hydroxylation sites is 2. The van der Waals surface area contributed by atoms with E-state index in [-0.39, 0.29) is 5.91 Å². The first-order valence-corrected chi connectivity index (χ1v) is 7.80. The van der Waals surface area contributed by atoms with E-state index in [4.69, 9.17) is 4.74 Å². The van der Waals surface area contributed by atoms with Gasteiger partial charge in [0.1, 0.15) is 5.75 Å². The topological polar surface area (TPSA) is 44.8 Å². The van der Waals surface area contributed by atoms with Gasteiger partial charge in [0.25, 0.3) is 0 Å². The Labute approximate surface area is 125 Å². The summed E-state index contributed by atoms with van der Waals surface area (Å²) >= 11 is 0. The van der Waals surface area contributed by atoms with Crippen molar-refractivity contribution in [3.05, 3.63) is 24.3 Å². The molecule has 114 valence electrons. The summed E-state index contributed by atoms with van der Waals surface area (Å²) in [7, 11) is 0. The maximum Gasteiger partial charge on any atom is 0.224 e. The summed E-state index contributed by atoms with van der Waals surface area (Å²) in [5.74, 6) is 1.20. The van der Waals surface area contributed by atoms with Crippen molar-refractivity contribution in [2.75, 3.05) is 50.8 Å². The highest BCUT2D eigenvalue weighted by Gasteiger charge is 2.19. The standard InChI is InChI=1S/C16H23N3O2/c20-16(19-11-7-17-8-12-19)6-10-18-9-3-13-21-15-5-2-1-4-14(15)18/h1-2,4-5,17H,3,6-13H2. The van der Waals surface area contributed by atoms with E-state index in [2.05, 4.69) is 16.3 Å². The van der Waals surface area contributed by atoms with E-state index in [0.717, 1.165) is 63.7 Å². The molecule has 1 N–H and O–H groups in total. The second kappa shape index (κ2) is 6.80. The highest BCUT2D eigenvalue weighted by molar-refractivity contribution is 5.77. The Balaban J connectivity index is 1.60. The normalized spacial score (nSPS) is 18.7. The first kappa shape index (κ1) is 14.2. The van der Waals surface area contributed by atoms with Gasteiger partial charge in [-0.1, -0.05) is 12.1 Å². The lowest BCUT2D eigenvalue weighted by Crippen LogP contribution is -2.47. The summed E-state index contributed by atoms with van der Waals surface area (Å²) in [6.07, 6.45) is 1.57. The number of ether oxygens (including phenoxy) is 1. The molecule has 2 aliphatic rings. The molecule has 0 unspecified atom stereocenters. The van der Waals surface area contributed by atoms with Gasteiger partial charge in [-0.2, -0.15) is 0 Å². The van der Waals surface area contributed by atoms with Gasteiger partial charge in [-0.05, 0) is 18.6 Å². The Kier molecular flexibility index (Phi) is 4.60. The number of carbonyl (C=O) groups is 1. The van der Waals surface area contributed by atoms with Gasteiger partial charge in [0.15, 0.2) is 0 Å². The number of carbonyl (C=O) groups excluding carboxylic acids is 1. The molecule has 5 heteroatoms. The Morgan fingerprint density at radius 3 is 2.86 bits per heavy atom. The number of nitrogens with zero attached hydrogens (tertiary/aromatic N) is 2. The minimum atomic E-state index is 0.263. The van der Waals surface area contributed by atoms with Gasteiger partial charge in [0.2, 0.25) is 5.91 Å². The van der Waals surface area contributed by atoms with Crippen molar-refractivity contribution in [2.24, 2.45) is 0 Å². The van der Waals surface area contributed by atoms with Gasteiger partial charge in [0, 0.05) is 45.7 Å². The largest absolute Gasteiger partial charge is 0.491 e. The fourth-order valence-electron chi connectivity index (χ4n) is 2.93. The van der Waals surface area contributed by atoms with Crippen LogP contribution in [0.5, 0.6) is 5.75 Å². The third-order valence-electron chi connectivity index (χ3n) is 4.10. The second-order valence-electron chi connectivity index (χ2n) is 5.54. The predicted molar refractivity (Wildman–Crippen MR) is 82.8 cm³/mol. The molecule has 0 saturated carbocycles. The van der Waals surface area contributed by atoms with E-state index >= 15 is 0 Å². The summed E-state index contributed by atoms with van der Waals surface area (Å²) in [6.45, 7) is 5.95. The predicted octanol–water partition coefficient (Wildman–Crippen LogP) is 1.10. The molecule has 0 aromatic heterocycles. The highest BCUT2D eigenvalue weighted by atomic mass is 16.5. The van der Waals surface area contributed by atoms with Crippen LogP contribution in [0.1, 0.15) is 12.8 Å². The third kappa shape index (κ3) is 3.47. The Morgan fingerprint density at radius 1 is 1.19 bits per heavy atom. The Hall–Kier alpha value is -1.75. The fourth-order valence-corrected chi connectivity index (χ4v) is 2.93. The first-order valence-electron chi connectivity index (χ1n) is 7.80. The van der Waals surface area contributed by atoms with Crippen molar-refractivity contribution < 1.29 is 9.53 Å². The molecule has 1 aromatic rings. The number of anilines is 1. The number of hydrogen-bond donors (Lipinski definition) is 1. The van der Waals surface area contributed by atoms with Crippen LogP contribution < -0.4 is 15.0 Å². The van der Waals surface area contributed by atoms with Gasteiger partial charge in [-0.25, -0.2) is 0 Å². The Bertz CT molecular complexity index is 486. The first-order chi connectivity index (χ1) is 10.3.